The van der Waals surface area contributed by atoms with Gasteiger partial charge in [0.05, 0.1) is 5.69 Å². The average Bonchev–Trinajstić information content (AvgIpc) is 3.07. The van der Waals surface area contributed by atoms with E-state index >= 15 is 0 Å². The fourth-order valence-electron chi connectivity index (χ4n) is 4.66. The lowest BCUT2D eigenvalue weighted by molar-refractivity contribution is -0.128. The first-order valence-electron chi connectivity index (χ1n) is 8.31. The lowest BCUT2D eigenvalue weighted by Crippen LogP contribution is -2.46. The Labute approximate surface area is 135 Å². The van der Waals surface area contributed by atoms with Crippen molar-refractivity contribution in [1.82, 2.24) is 20.0 Å². The Hall–Kier alpha value is -1.98. The molecule has 2 heterocycles. The van der Waals surface area contributed by atoms with Crippen molar-refractivity contribution in [1.29, 1.82) is 0 Å². The van der Waals surface area contributed by atoms with Gasteiger partial charge < -0.3 is 4.42 Å². The molecule has 0 spiro atoms. The minimum atomic E-state index is -0.0357. The van der Waals surface area contributed by atoms with Crippen LogP contribution in [0.1, 0.15) is 50.3 Å². The van der Waals surface area contributed by atoms with E-state index in [9.17, 15) is 4.79 Å². The molecule has 2 aliphatic carbocycles. The number of aryl methyl sites for hydroxylation is 2. The summed E-state index contributed by atoms with van der Waals surface area (Å²) < 4.78 is 7.51. The Balaban J connectivity index is 1.85. The second-order valence-corrected chi connectivity index (χ2v) is 7.24. The largest absolute Gasteiger partial charge is 0.420 e. The molecule has 1 fully saturated rings. The van der Waals surface area contributed by atoms with Gasteiger partial charge in [-0.05, 0) is 25.2 Å². The smallest absolute Gasteiger partial charge is 0.266 e. The molecule has 0 bridgehead atoms. The SMILES string of the molecule is Cc1nnc(-c2c3c(nn2C)[C@@]2(C)CCC(=O)[C@@H](C)[C@@H]2CC3)o1. The second kappa shape index (κ2) is 4.76. The van der Waals surface area contributed by atoms with Crippen molar-refractivity contribution in [2.75, 3.05) is 0 Å². The Bertz CT molecular complexity index is 791. The number of fused-ring (bicyclic) bond motifs is 3. The van der Waals surface area contributed by atoms with Crippen LogP contribution in [0.4, 0.5) is 0 Å². The van der Waals surface area contributed by atoms with Gasteiger partial charge in [0.25, 0.3) is 5.89 Å². The van der Waals surface area contributed by atoms with Crippen LogP contribution >= 0.6 is 0 Å². The predicted octanol–water partition coefficient (Wildman–Crippen LogP) is 2.60. The molecule has 0 aliphatic heterocycles. The Morgan fingerprint density at radius 3 is 2.78 bits per heavy atom. The summed E-state index contributed by atoms with van der Waals surface area (Å²) in [5.74, 6) is 2.01. The zero-order valence-electron chi connectivity index (χ0n) is 14.1. The molecule has 0 aromatic carbocycles. The van der Waals surface area contributed by atoms with Crippen LogP contribution in [0.25, 0.3) is 11.6 Å². The number of carbonyl (C=O) groups excluding carboxylic acids is 1. The first-order chi connectivity index (χ1) is 10.9. The van der Waals surface area contributed by atoms with Gasteiger partial charge >= 0.3 is 0 Å². The Morgan fingerprint density at radius 1 is 1.30 bits per heavy atom. The highest BCUT2D eigenvalue weighted by Crippen LogP contribution is 2.52. The fraction of sp³-hybridized carbons (Fsp3) is 0.647. The lowest BCUT2D eigenvalue weighted by Gasteiger charge is -2.46. The van der Waals surface area contributed by atoms with E-state index in [1.807, 2.05) is 11.7 Å². The van der Waals surface area contributed by atoms with Gasteiger partial charge in [0, 0.05) is 37.3 Å². The highest BCUT2D eigenvalue weighted by molar-refractivity contribution is 5.82. The van der Waals surface area contributed by atoms with Gasteiger partial charge in [0.15, 0.2) is 0 Å². The maximum atomic E-state index is 12.1. The van der Waals surface area contributed by atoms with E-state index in [0.29, 0.717) is 29.9 Å². The van der Waals surface area contributed by atoms with Gasteiger partial charge in [-0.2, -0.15) is 5.10 Å². The molecule has 23 heavy (non-hydrogen) atoms. The number of Topliss-reactive ketones (excluding diaryl/α,β-unsaturated/α-hetero) is 1. The van der Waals surface area contributed by atoms with Gasteiger partial charge in [-0.15, -0.1) is 10.2 Å². The molecule has 3 atom stereocenters. The van der Waals surface area contributed by atoms with Crippen molar-refractivity contribution < 1.29 is 9.21 Å². The molecule has 6 nitrogen and oxygen atoms in total. The number of carbonyl (C=O) groups is 1. The average molecular weight is 314 g/mol. The third kappa shape index (κ3) is 1.93. The molecule has 0 unspecified atom stereocenters. The van der Waals surface area contributed by atoms with Gasteiger partial charge in [0.1, 0.15) is 11.5 Å². The molecule has 0 saturated heterocycles. The van der Waals surface area contributed by atoms with E-state index in [-0.39, 0.29) is 11.3 Å². The van der Waals surface area contributed by atoms with Gasteiger partial charge in [-0.3, -0.25) is 9.48 Å². The van der Waals surface area contributed by atoms with E-state index in [1.54, 1.807) is 6.92 Å². The normalized spacial score (nSPS) is 30.2. The van der Waals surface area contributed by atoms with E-state index in [4.69, 9.17) is 9.52 Å². The number of ketones is 1. The van der Waals surface area contributed by atoms with Gasteiger partial charge in [-0.25, -0.2) is 0 Å². The van der Waals surface area contributed by atoms with Crippen LogP contribution in [0.5, 0.6) is 0 Å². The zero-order chi connectivity index (χ0) is 16.4. The standard InChI is InChI=1S/C17H22N4O2/c1-9-12-6-5-11-14(16-19-18-10(2)23-16)21(4)20-15(11)17(12,3)8-7-13(9)22/h9,12H,5-8H2,1-4H3/t9-,12-,17-/m0/s1. The lowest BCUT2D eigenvalue weighted by atomic mass is 9.56. The predicted molar refractivity (Wildman–Crippen MR) is 83.8 cm³/mol. The summed E-state index contributed by atoms with van der Waals surface area (Å²) in [4.78, 5) is 12.1. The summed E-state index contributed by atoms with van der Waals surface area (Å²) in [6.45, 7) is 6.15. The zero-order valence-corrected chi connectivity index (χ0v) is 14.1. The van der Waals surface area contributed by atoms with Crippen molar-refractivity contribution in [2.24, 2.45) is 18.9 Å². The summed E-state index contributed by atoms with van der Waals surface area (Å²) in [6, 6.07) is 0. The summed E-state index contributed by atoms with van der Waals surface area (Å²) in [6.07, 6.45) is 3.46. The molecule has 2 aromatic rings. The molecular weight excluding hydrogens is 292 g/mol. The molecule has 0 amide bonds. The number of hydrogen-bond acceptors (Lipinski definition) is 5. The first kappa shape index (κ1) is 14.6. The number of aromatic nitrogens is 4. The Kier molecular flexibility index (Phi) is 3.02. The van der Waals surface area contributed by atoms with E-state index in [1.165, 1.54) is 5.56 Å². The van der Waals surface area contributed by atoms with Crippen molar-refractivity contribution in [2.45, 2.75) is 51.9 Å². The van der Waals surface area contributed by atoms with Crippen LogP contribution in [-0.2, 0) is 23.7 Å². The van der Waals surface area contributed by atoms with Crippen molar-refractivity contribution in [3.63, 3.8) is 0 Å². The summed E-state index contributed by atoms with van der Waals surface area (Å²) in [7, 11) is 1.93. The van der Waals surface area contributed by atoms with Crippen LogP contribution in [-0.4, -0.2) is 25.8 Å². The quantitative estimate of drug-likeness (QED) is 0.809. The van der Waals surface area contributed by atoms with E-state index in [2.05, 4.69) is 24.0 Å². The first-order valence-corrected chi connectivity index (χ1v) is 8.31. The van der Waals surface area contributed by atoms with Crippen LogP contribution < -0.4 is 0 Å². The van der Waals surface area contributed by atoms with Crippen LogP contribution in [0, 0.1) is 18.8 Å². The molecule has 122 valence electrons. The monoisotopic (exact) mass is 314 g/mol. The maximum absolute atomic E-state index is 12.1. The second-order valence-electron chi connectivity index (χ2n) is 7.24. The minimum Gasteiger partial charge on any atom is -0.420 e. The van der Waals surface area contributed by atoms with Crippen LogP contribution in [0.3, 0.4) is 0 Å². The summed E-state index contributed by atoms with van der Waals surface area (Å²) in [5, 5.41) is 13.0. The molecular formula is C17H22N4O2. The number of nitrogens with zero attached hydrogens (tertiary/aromatic N) is 4. The Morgan fingerprint density at radius 2 is 2.09 bits per heavy atom. The molecule has 2 aromatic heterocycles. The maximum Gasteiger partial charge on any atom is 0.266 e. The fourth-order valence-corrected chi connectivity index (χ4v) is 4.66. The van der Waals surface area contributed by atoms with Crippen LogP contribution in [0.15, 0.2) is 4.42 Å². The van der Waals surface area contributed by atoms with Gasteiger partial charge in [0.2, 0.25) is 5.89 Å². The molecule has 1 saturated carbocycles. The van der Waals surface area contributed by atoms with Crippen molar-refractivity contribution in [3.8, 4) is 11.6 Å². The third-order valence-corrected chi connectivity index (χ3v) is 5.94. The van der Waals surface area contributed by atoms with Gasteiger partial charge in [-0.1, -0.05) is 13.8 Å². The molecule has 2 aliphatic rings. The number of rotatable bonds is 1. The van der Waals surface area contributed by atoms with E-state index in [0.717, 1.165) is 30.7 Å². The highest BCUT2D eigenvalue weighted by Gasteiger charge is 2.50. The van der Waals surface area contributed by atoms with E-state index < -0.39 is 0 Å². The van der Waals surface area contributed by atoms with Crippen molar-refractivity contribution >= 4 is 5.78 Å². The molecule has 0 N–H and O–H groups in total. The third-order valence-electron chi connectivity index (χ3n) is 5.94. The molecule has 4 rings (SSSR count). The summed E-state index contributed by atoms with van der Waals surface area (Å²) >= 11 is 0. The molecule has 6 heteroatoms. The topological polar surface area (TPSA) is 73.8 Å². The van der Waals surface area contributed by atoms with Crippen LogP contribution in [0.2, 0.25) is 0 Å². The minimum absolute atomic E-state index is 0.0357. The highest BCUT2D eigenvalue weighted by atomic mass is 16.4. The summed E-state index contributed by atoms with van der Waals surface area (Å²) in [5.41, 5.74) is 3.24. The molecule has 0 radical (unpaired) electrons. The number of hydrogen-bond donors (Lipinski definition) is 0. The van der Waals surface area contributed by atoms with Crippen molar-refractivity contribution in [3.05, 3.63) is 17.1 Å².